The lowest BCUT2D eigenvalue weighted by Gasteiger charge is -2.07. The zero-order valence-electron chi connectivity index (χ0n) is 10.6. The molecular formula is C13H16N4O. The van der Waals surface area contributed by atoms with E-state index in [1.165, 1.54) is 0 Å². The number of hydrogen-bond donors (Lipinski definition) is 1. The summed E-state index contributed by atoms with van der Waals surface area (Å²) in [5.74, 6) is 1.96. The molecule has 0 unspecified atom stereocenters. The summed E-state index contributed by atoms with van der Waals surface area (Å²) in [4.78, 5) is 12.9. The lowest BCUT2D eigenvalue weighted by atomic mass is 10.3. The average Bonchev–Trinajstić information content (AvgIpc) is 2.40. The van der Waals surface area contributed by atoms with Crippen LogP contribution in [0.2, 0.25) is 0 Å². The number of methoxy groups -OCH3 is 1. The number of aromatic nitrogens is 3. The second kappa shape index (κ2) is 6.07. The first-order valence-corrected chi connectivity index (χ1v) is 5.86. The van der Waals surface area contributed by atoms with Gasteiger partial charge in [0.15, 0.2) is 5.82 Å². The SMILES string of the molecule is CCc1nc(COC)nc(Nc2ccccc2)n1. The van der Waals surface area contributed by atoms with E-state index in [0.717, 1.165) is 17.9 Å². The molecule has 1 aromatic heterocycles. The molecule has 0 saturated heterocycles. The van der Waals surface area contributed by atoms with Gasteiger partial charge in [-0.05, 0) is 12.1 Å². The van der Waals surface area contributed by atoms with Gasteiger partial charge in [0.05, 0.1) is 0 Å². The fraction of sp³-hybridized carbons (Fsp3) is 0.308. The van der Waals surface area contributed by atoms with Crippen LogP contribution in [0.25, 0.3) is 0 Å². The quantitative estimate of drug-likeness (QED) is 0.874. The second-order valence-corrected chi connectivity index (χ2v) is 3.77. The van der Waals surface area contributed by atoms with Crippen LogP contribution in [0.1, 0.15) is 18.6 Å². The van der Waals surface area contributed by atoms with E-state index in [9.17, 15) is 0 Å². The van der Waals surface area contributed by atoms with Crippen molar-refractivity contribution in [2.24, 2.45) is 0 Å². The number of rotatable bonds is 5. The lowest BCUT2D eigenvalue weighted by molar-refractivity contribution is 0.177. The van der Waals surface area contributed by atoms with E-state index in [-0.39, 0.29) is 0 Å². The molecule has 1 aromatic carbocycles. The summed E-state index contributed by atoms with van der Waals surface area (Å²) in [6.45, 7) is 2.40. The lowest BCUT2D eigenvalue weighted by Crippen LogP contribution is -2.07. The van der Waals surface area contributed by atoms with Gasteiger partial charge in [-0.25, -0.2) is 4.98 Å². The molecule has 1 N–H and O–H groups in total. The number of nitrogens with zero attached hydrogens (tertiary/aromatic N) is 3. The maximum Gasteiger partial charge on any atom is 0.230 e. The molecule has 0 aliphatic carbocycles. The largest absolute Gasteiger partial charge is 0.377 e. The summed E-state index contributed by atoms with van der Waals surface area (Å²) in [7, 11) is 1.62. The molecule has 18 heavy (non-hydrogen) atoms. The molecule has 0 fully saturated rings. The molecule has 2 rings (SSSR count). The predicted molar refractivity (Wildman–Crippen MR) is 69.6 cm³/mol. The number of nitrogens with one attached hydrogen (secondary N) is 1. The Morgan fingerprint density at radius 3 is 2.44 bits per heavy atom. The average molecular weight is 244 g/mol. The van der Waals surface area contributed by atoms with E-state index in [1.54, 1.807) is 7.11 Å². The third-order valence-corrected chi connectivity index (χ3v) is 2.35. The van der Waals surface area contributed by atoms with Crippen LogP contribution in [0.4, 0.5) is 11.6 Å². The van der Waals surface area contributed by atoms with Crippen molar-refractivity contribution in [3.05, 3.63) is 42.0 Å². The normalized spacial score (nSPS) is 10.3. The van der Waals surface area contributed by atoms with Crippen molar-refractivity contribution in [2.75, 3.05) is 12.4 Å². The van der Waals surface area contributed by atoms with Gasteiger partial charge in [0.25, 0.3) is 0 Å². The van der Waals surface area contributed by atoms with E-state index in [1.807, 2.05) is 37.3 Å². The van der Waals surface area contributed by atoms with Gasteiger partial charge in [0.1, 0.15) is 12.4 Å². The van der Waals surface area contributed by atoms with Crippen LogP contribution in [-0.4, -0.2) is 22.1 Å². The minimum Gasteiger partial charge on any atom is -0.377 e. The van der Waals surface area contributed by atoms with E-state index in [2.05, 4.69) is 20.3 Å². The second-order valence-electron chi connectivity index (χ2n) is 3.77. The summed E-state index contributed by atoms with van der Waals surface area (Å²) in [5.41, 5.74) is 0.953. The van der Waals surface area contributed by atoms with Crippen LogP contribution in [0.15, 0.2) is 30.3 Å². The Morgan fingerprint density at radius 1 is 1.06 bits per heavy atom. The van der Waals surface area contributed by atoms with E-state index in [0.29, 0.717) is 18.4 Å². The molecule has 0 aliphatic heterocycles. The monoisotopic (exact) mass is 244 g/mol. The van der Waals surface area contributed by atoms with Gasteiger partial charge in [-0.3, -0.25) is 0 Å². The van der Waals surface area contributed by atoms with Crippen LogP contribution in [0.3, 0.4) is 0 Å². The number of hydrogen-bond acceptors (Lipinski definition) is 5. The predicted octanol–water partition coefficient (Wildman–Crippen LogP) is 2.32. The molecule has 0 spiro atoms. The minimum absolute atomic E-state index is 0.388. The van der Waals surface area contributed by atoms with E-state index in [4.69, 9.17) is 4.74 Å². The van der Waals surface area contributed by atoms with E-state index < -0.39 is 0 Å². The topological polar surface area (TPSA) is 59.9 Å². The van der Waals surface area contributed by atoms with Gasteiger partial charge in [0, 0.05) is 19.2 Å². The number of ether oxygens (including phenoxy) is 1. The first kappa shape index (κ1) is 12.4. The first-order valence-electron chi connectivity index (χ1n) is 5.86. The van der Waals surface area contributed by atoms with Crippen LogP contribution >= 0.6 is 0 Å². The van der Waals surface area contributed by atoms with Crippen molar-refractivity contribution >= 4 is 11.6 Å². The molecule has 0 atom stereocenters. The van der Waals surface area contributed by atoms with Gasteiger partial charge in [-0.2, -0.15) is 9.97 Å². The van der Waals surface area contributed by atoms with Gasteiger partial charge >= 0.3 is 0 Å². The van der Waals surface area contributed by atoms with Crippen molar-refractivity contribution in [1.29, 1.82) is 0 Å². The smallest absolute Gasteiger partial charge is 0.230 e. The molecule has 0 radical (unpaired) electrons. The molecule has 0 amide bonds. The Hall–Kier alpha value is -2.01. The van der Waals surface area contributed by atoms with Crippen LogP contribution in [0, 0.1) is 0 Å². The highest BCUT2D eigenvalue weighted by molar-refractivity contribution is 5.52. The van der Waals surface area contributed by atoms with Crippen molar-refractivity contribution in [2.45, 2.75) is 20.0 Å². The van der Waals surface area contributed by atoms with Gasteiger partial charge in [-0.15, -0.1) is 0 Å². The minimum atomic E-state index is 0.388. The Bertz CT molecular complexity index is 502. The van der Waals surface area contributed by atoms with Gasteiger partial charge < -0.3 is 10.1 Å². The van der Waals surface area contributed by atoms with Crippen molar-refractivity contribution in [3.8, 4) is 0 Å². The van der Waals surface area contributed by atoms with E-state index >= 15 is 0 Å². The molecule has 0 saturated carbocycles. The molecule has 0 bridgehead atoms. The summed E-state index contributed by atoms with van der Waals surface area (Å²) in [5, 5.41) is 3.16. The van der Waals surface area contributed by atoms with Crippen LogP contribution in [0.5, 0.6) is 0 Å². The number of benzene rings is 1. The Labute approximate surface area is 106 Å². The fourth-order valence-electron chi connectivity index (χ4n) is 1.53. The highest BCUT2D eigenvalue weighted by Crippen LogP contribution is 2.12. The third-order valence-electron chi connectivity index (χ3n) is 2.35. The molecule has 5 heteroatoms. The van der Waals surface area contributed by atoms with Gasteiger partial charge in [-0.1, -0.05) is 25.1 Å². The van der Waals surface area contributed by atoms with Crippen molar-refractivity contribution < 1.29 is 4.74 Å². The molecule has 2 aromatic rings. The summed E-state index contributed by atoms with van der Waals surface area (Å²) < 4.78 is 5.05. The Morgan fingerprint density at radius 2 is 1.78 bits per heavy atom. The van der Waals surface area contributed by atoms with Crippen molar-refractivity contribution in [1.82, 2.24) is 15.0 Å². The maximum atomic E-state index is 5.05. The number of anilines is 2. The number of para-hydroxylation sites is 1. The Balaban J connectivity index is 2.24. The third kappa shape index (κ3) is 3.24. The first-order chi connectivity index (χ1) is 8.81. The zero-order valence-corrected chi connectivity index (χ0v) is 10.6. The zero-order chi connectivity index (χ0) is 12.8. The van der Waals surface area contributed by atoms with Crippen LogP contribution < -0.4 is 5.32 Å². The highest BCUT2D eigenvalue weighted by Gasteiger charge is 2.05. The fourth-order valence-corrected chi connectivity index (χ4v) is 1.53. The summed E-state index contributed by atoms with van der Waals surface area (Å²) in [6.07, 6.45) is 0.767. The maximum absolute atomic E-state index is 5.05. The van der Waals surface area contributed by atoms with Crippen molar-refractivity contribution in [3.63, 3.8) is 0 Å². The van der Waals surface area contributed by atoms with Gasteiger partial charge in [0.2, 0.25) is 5.95 Å². The molecule has 94 valence electrons. The van der Waals surface area contributed by atoms with Crippen LogP contribution in [-0.2, 0) is 17.8 Å². The molecular weight excluding hydrogens is 228 g/mol. The highest BCUT2D eigenvalue weighted by atomic mass is 16.5. The Kier molecular flexibility index (Phi) is 4.20. The number of aryl methyl sites for hydroxylation is 1. The molecule has 1 heterocycles. The summed E-state index contributed by atoms with van der Waals surface area (Å²) >= 11 is 0. The summed E-state index contributed by atoms with van der Waals surface area (Å²) in [6, 6.07) is 9.81. The molecule has 5 nitrogen and oxygen atoms in total. The standard InChI is InChI=1S/C13H16N4O/c1-3-11-15-12(9-18-2)17-13(16-11)14-10-7-5-4-6-8-10/h4-8H,3,9H2,1-2H3,(H,14,15,16,17). The molecule has 0 aliphatic rings.